The van der Waals surface area contributed by atoms with Crippen LogP contribution in [0.15, 0.2) is 29.4 Å². The summed E-state index contributed by atoms with van der Waals surface area (Å²) in [6.07, 6.45) is 0.658. The van der Waals surface area contributed by atoms with Gasteiger partial charge in [0.05, 0.1) is 12.4 Å². The van der Waals surface area contributed by atoms with Crippen LogP contribution in [0.25, 0.3) is 0 Å². The molecule has 0 saturated carbocycles. The number of thioether (sulfide) groups is 1. The first-order valence-electron chi connectivity index (χ1n) is 8.65. The molecule has 2 aromatic rings. The fourth-order valence-corrected chi connectivity index (χ4v) is 3.25. The molecule has 2 rings (SSSR count). The number of nitrogens with two attached hydrogens (primary N) is 1. The second kappa shape index (κ2) is 9.96. The fraction of sp³-hybridized carbons (Fsp3) is 0.444. The van der Waals surface area contributed by atoms with Crippen molar-refractivity contribution in [3.05, 3.63) is 35.7 Å². The molecule has 1 aromatic carbocycles. The van der Waals surface area contributed by atoms with E-state index in [1.54, 1.807) is 16.5 Å². The minimum Gasteiger partial charge on any atom is -0.494 e. The Hall–Kier alpha value is -2.55. The van der Waals surface area contributed by atoms with Crippen LogP contribution in [-0.2, 0) is 29.6 Å². The van der Waals surface area contributed by atoms with Crippen LogP contribution in [0.2, 0.25) is 0 Å². The molecule has 146 valence electrons. The van der Waals surface area contributed by atoms with Crippen molar-refractivity contribution >= 4 is 23.6 Å². The number of ether oxygens (including phenoxy) is 1. The maximum atomic E-state index is 12.4. The predicted octanol–water partition coefficient (Wildman–Crippen LogP) is 1.38. The number of carbonyl (C=O) groups excluding carboxylic acids is 2. The molecule has 0 aliphatic carbocycles. The number of carbonyl (C=O) groups is 2. The van der Waals surface area contributed by atoms with Crippen LogP contribution in [0, 0.1) is 0 Å². The number of aromatic nitrogens is 3. The molecule has 0 aliphatic heterocycles. The molecule has 0 bridgehead atoms. The Balaban J connectivity index is 1.85. The zero-order chi connectivity index (χ0) is 19.8. The summed E-state index contributed by atoms with van der Waals surface area (Å²) >= 11 is 1.32. The Morgan fingerprint density at radius 1 is 1.26 bits per heavy atom. The summed E-state index contributed by atoms with van der Waals surface area (Å²) in [5, 5.41) is 8.76. The van der Waals surface area contributed by atoms with Crippen molar-refractivity contribution in [3.8, 4) is 5.75 Å². The molecule has 0 atom stereocenters. The molecule has 1 heterocycles. The first-order valence-corrected chi connectivity index (χ1v) is 9.64. The number of hydrogen-bond acceptors (Lipinski definition) is 6. The topological polar surface area (TPSA) is 103 Å². The quantitative estimate of drug-likeness (QED) is 0.614. The molecule has 2 amide bonds. The summed E-state index contributed by atoms with van der Waals surface area (Å²) in [6.45, 7) is 3.09. The molecule has 0 fully saturated rings. The van der Waals surface area contributed by atoms with Crippen LogP contribution in [0.3, 0.4) is 0 Å². The molecule has 0 radical (unpaired) electrons. The molecule has 0 saturated heterocycles. The summed E-state index contributed by atoms with van der Waals surface area (Å²) in [6, 6.07) is 7.71. The van der Waals surface area contributed by atoms with Gasteiger partial charge in [0.2, 0.25) is 11.8 Å². The van der Waals surface area contributed by atoms with Crippen LogP contribution in [0.4, 0.5) is 0 Å². The van der Waals surface area contributed by atoms with Gasteiger partial charge >= 0.3 is 0 Å². The number of amides is 2. The maximum Gasteiger partial charge on any atom is 0.233 e. The van der Waals surface area contributed by atoms with Crippen molar-refractivity contribution in [2.24, 2.45) is 12.8 Å². The van der Waals surface area contributed by atoms with Gasteiger partial charge in [-0.15, -0.1) is 10.2 Å². The lowest BCUT2D eigenvalue weighted by atomic mass is 10.2. The minimum atomic E-state index is -0.377. The average molecular weight is 391 g/mol. The lowest BCUT2D eigenvalue weighted by molar-refractivity contribution is -0.127. The van der Waals surface area contributed by atoms with E-state index in [0.29, 0.717) is 30.6 Å². The van der Waals surface area contributed by atoms with Crippen LogP contribution in [0.5, 0.6) is 5.75 Å². The third kappa shape index (κ3) is 6.28. The Labute approximate surface area is 163 Å². The van der Waals surface area contributed by atoms with Gasteiger partial charge in [0, 0.05) is 33.5 Å². The van der Waals surface area contributed by atoms with Gasteiger partial charge in [0.15, 0.2) is 5.16 Å². The number of aryl methyl sites for hydroxylation is 1. The van der Waals surface area contributed by atoms with Crippen molar-refractivity contribution < 1.29 is 14.3 Å². The van der Waals surface area contributed by atoms with Crippen molar-refractivity contribution in [2.45, 2.75) is 31.5 Å². The Morgan fingerprint density at radius 2 is 1.96 bits per heavy atom. The summed E-state index contributed by atoms with van der Waals surface area (Å²) < 4.78 is 7.20. The van der Waals surface area contributed by atoms with Crippen molar-refractivity contribution in [3.63, 3.8) is 0 Å². The molecular weight excluding hydrogens is 366 g/mol. The van der Waals surface area contributed by atoms with Gasteiger partial charge in [-0.2, -0.15) is 0 Å². The second-order valence-electron chi connectivity index (χ2n) is 6.04. The largest absolute Gasteiger partial charge is 0.494 e. The third-order valence-corrected chi connectivity index (χ3v) is 4.93. The van der Waals surface area contributed by atoms with Crippen molar-refractivity contribution in [1.82, 2.24) is 19.7 Å². The van der Waals surface area contributed by atoms with E-state index in [0.717, 1.165) is 11.3 Å². The van der Waals surface area contributed by atoms with E-state index in [1.165, 1.54) is 11.8 Å². The summed E-state index contributed by atoms with van der Waals surface area (Å²) in [5.74, 6) is 1.37. The lowest BCUT2D eigenvalue weighted by Gasteiger charge is -2.17. The van der Waals surface area contributed by atoms with Crippen LogP contribution >= 0.6 is 11.8 Å². The first kappa shape index (κ1) is 20.8. The fourth-order valence-electron chi connectivity index (χ4n) is 2.38. The molecule has 8 nitrogen and oxygen atoms in total. The van der Waals surface area contributed by atoms with E-state index >= 15 is 0 Å². The molecule has 1 aromatic heterocycles. The highest BCUT2D eigenvalue weighted by Crippen LogP contribution is 2.18. The Bertz CT molecular complexity index is 776. The number of primary amides is 1. The number of hydrogen-bond donors (Lipinski definition) is 1. The van der Waals surface area contributed by atoms with Crippen LogP contribution in [-0.4, -0.2) is 50.9 Å². The third-order valence-electron chi connectivity index (χ3n) is 3.92. The van der Waals surface area contributed by atoms with E-state index in [-0.39, 0.29) is 24.0 Å². The summed E-state index contributed by atoms with van der Waals surface area (Å²) in [5.41, 5.74) is 6.19. The zero-order valence-corrected chi connectivity index (χ0v) is 16.7. The Kier molecular flexibility index (Phi) is 7.66. The summed E-state index contributed by atoms with van der Waals surface area (Å²) in [4.78, 5) is 24.9. The molecule has 2 N–H and O–H groups in total. The molecule has 9 heteroatoms. The lowest BCUT2D eigenvalue weighted by Crippen LogP contribution is -2.27. The SMILES string of the molecule is CCOc1ccc(CN(C)C(=O)CSc2nnc(CCC(N)=O)n2C)cc1. The van der Waals surface area contributed by atoms with E-state index in [2.05, 4.69) is 10.2 Å². The standard InChI is InChI=1S/C18H25N5O3S/c1-4-26-14-7-5-13(6-8-14)11-22(2)17(25)12-27-18-21-20-16(23(18)3)10-9-15(19)24/h5-8H,4,9-12H2,1-3H3,(H2,19,24). The molecular formula is C18H25N5O3S. The first-order chi connectivity index (χ1) is 12.9. The Morgan fingerprint density at radius 3 is 2.59 bits per heavy atom. The highest BCUT2D eigenvalue weighted by Gasteiger charge is 2.14. The monoisotopic (exact) mass is 391 g/mol. The van der Waals surface area contributed by atoms with Gasteiger partial charge in [-0.05, 0) is 24.6 Å². The van der Waals surface area contributed by atoms with Gasteiger partial charge in [-0.3, -0.25) is 9.59 Å². The average Bonchev–Trinajstić information content (AvgIpc) is 2.99. The van der Waals surface area contributed by atoms with Gasteiger partial charge in [-0.25, -0.2) is 0 Å². The number of rotatable bonds is 10. The van der Waals surface area contributed by atoms with Crippen molar-refractivity contribution in [2.75, 3.05) is 19.4 Å². The zero-order valence-electron chi connectivity index (χ0n) is 15.8. The van der Waals surface area contributed by atoms with Crippen molar-refractivity contribution in [1.29, 1.82) is 0 Å². The van der Waals surface area contributed by atoms with E-state index in [1.807, 2.05) is 38.2 Å². The molecule has 0 aliphatic rings. The van der Waals surface area contributed by atoms with E-state index < -0.39 is 0 Å². The normalized spacial score (nSPS) is 10.6. The van der Waals surface area contributed by atoms with Crippen LogP contribution in [0.1, 0.15) is 24.7 Å². The van der Waals surface area contributed by atoms with Crippen LogP contribution < -0.4 is 10.5 Å². The van der Waals surface area contributed by atoms with Gasteiger partial charge < -0.3 is 19.9 Å². The van der Waals surface area contributed by atoms with Gasteiger partial charge in [0.25, 0.3) is 0 Å². The molecule has 0 unspecified atom stereocenters. The highest BCUT2D eigenvalue weighted by atomic mass is 32.2. The molecule has 0 spiro atoms. The maximum absolute atomic E-state index is 12.4. The van der Waals surface area contributed by atoms with Gasteiger partial charge in [-0.1, -0.05) is 23.9 Å². The smallest absolute Gasteiger partial charge is 0.233 e. The van der Waals surface area contributed by atoms with Gasteiger partial charge in [0.1, 0.15) is 11.6 Å². The highest BCUT2D eigenvalue weighted by molar-refractivity contribution is 7.99. The minimum absolute atomic E-state index is 0.00410. The predicted molar refractivity (Wildman–Crippen MR) is 103 cm³/mol. The molecule has 27 heavy (non-hydrogen) atoms. The summed E-state index contributed by atoms with van der Waals surface area (Å²) in [7, 11) is 3.58. The second-order valence-corrected chi connectivity index (χ2v) is 6.98. The van der Waals surface area contributed by atoms with E-state index in [4.69, 9.17) is 10.5 Å². The van der Waals surface area contributed by atoms with E-state index in [9.17, 15) is 9.59 Å². The number of benzene rings is 1. The number of nitrogens with zero attached hydrogens (tertiary/aromatic N) is 4.